The zero-order chi connectivity index (χ0) is 31.8. The van der Waals surface area contributed by atoms with Gasteiger partial charge in [-0.25, -0.2) is 0 Å². The Morgan fingerprint density at radius 2 is 1.29 bits per heavy atom. The second-order valence-corrected chi connectivity index (χ2v) is 18.0. The van der Waals surface area contributed by atoms with Crippen LogP contribution in [-0.4, -0.2) is 19.4 Å². The highest BCUT2D eigenvalue weighted by Gasteiger charge is 2.51. The van der Waals surface area contributed by atoms with Crippen molar-refractivity contribution >= 4 is 74.7 Å². The Morgan fingerprint density at radius 3 is 2.12 bits per heavy atom. The third kappa shape index (κ3) is 3.75. The van der Waals surface area contributed by atoms with E-state index in [9.17, 15) is 0 Å². The third-order valence-electron chi connectivity index (χ3n) is 11.6. The molecule has 2 nitrogen and oxygen atoms in total. The first-order valence-electron chi connectivity index (χ1n) is 17.7. The lowest BCUT2D eigenvalue weighted by Crippen LogP contribution is -2.83. The summed E-state index contributed by atoms with van der Waals surface area (Å²) in [6.45, 7) is 2.64. The molecule has 0 amide bonds. The lowest BCUT2D eigenvalue weighted by atomic mass is 9.35. The van der Waals surface area contributed by atoms with Gasteiger partial charge in [0.1, 0.15) is 8.07 Å². The van der Waals surface area contributed by atoms with Crippen LogP contribution in [0.25, 0.3) is 16.6 Å². The van der Waals surface area contributed by atoms with Crippen molar-refractivity contribution in [2.24, 2.45) is 0 Å². The van der Waals surface area contributed by atoms with Crippen molar-refractivity contribution in [2.75, 3.05) is 4.90 Å². The summed E-state index contributed by atoms with van der Waals surface area (Å²) in [5, 5.41) is 6.07. The zero-order valence-electron chi connectivity index (χ0n) is 27.4. The van der Waals surface area contributed by atoms with E-state index in [1.807, 2.05) is 0 Å². The van der Waals surface area contributed by atoms with Gasteiger partial charge in [0.2, 0.25) is 6.71 Å². The van der Waals surface area contributed by atoms with Gasteiger partial charge in [0.25, 0.3) is 0 Å². The molecule has 2 aliphatic heterocycles. The summed E-state index contributed by atoms with van der Waals surface area (Å²) in [5.74, 6) is 0. The number of para-hydroxylation sites is 3. The van der Waals surface area contributed by atoms with E-state index in [2.05, 4.69) is 162 Å². The van der Waals surface area contributed by atoms with E-state index in [0.717, 1.165) is 18.9 Å². The monoisotopic (exact) mass is 632 g/mol. The maximum Gasteiger partial charge on any atom is 0.246 e. The molecule has 7 aromatic rings. The molecule has 4 heteroatoms. The first kappa shape index (κ1) is 28.0. The molecular weight excluding hydrogens is 595 g/mol. The van der Waals surface area contributed by atoms with E-state index < -0.39 is 8.07 Å². The lowest BCUT2D eigenvalue weighted by molar-refractivity contribution is 0.667. The molecule has 10 rings (SSSR count). The van der Waals surface area contributed by atoms with E-state index in [4.69, 9.17) is 0 Å². The van der Waals surface area contributed by atoms with E-state index in [1.54, 1.807) is 15.9 Å². The molecule has 1 aromatic heterocycles. The van der Waals surface area contributed by atoms with Gasteiger partial charge in [-0.2, -0.15) is 0 Å². The summed E-state index contributed by atoms with van der Waals surface area (Å²) in [5.41, 5.74) is 13.9. The molecule has 0 saturated heterocycles. The van der Waals surface area contributed by atoms with Crippen LogP contribution in [0.3, 0.4) is 0 Å². The third-order valence-corrected chi connectivity index (χ3v) is 16.7. The maximum atomic E-state index is 2.66. The number of nitrogens with zero attached hydrogens (tertiary/aromatic N) is 2. The fourth-order valence-corrected chi connectivity index (χ4v) is 14.8. The highest BCUT2D eigenvalue weighted by Crippen LogP contribution is 2.40. The molecular formula is C44H37BN2Si. The van der Waals surface area contributed by atoms with Crippen molar-refractivity contribution in [3.63, 3.8) is 0 Å². The first-order valence-corrected chi connectivity index (χ1v) is 19.9. The summed E-state index contributed by atoms with van der Waals surface area (Å²) in [7, 11) is -2.47. The van der Waals surface area contributed by atoms with E-state index in [-0.39, 0.29) is 6.71 Å². The fraction of sp³-hybridized carbons (Fsp3) is 0.136. The number of aryl methyl sites for hydroxylation is 1. The second kappa shape index (κ2) is 10.7. The van der Waals surface area contributed by atoms with Gasteiger partial charge < -0.3 is 9.47 Å². The van der Waals surface area contributed by atoms with Gasteiger partial charge in [-0.05, 0) is 95.0 Å². The van der Waals surface area contributed by atoms with Crippen molar-refractivity contribution in [2.45, 2.75) is 38.7 Å². The molecule has 0 radical (unpaired) electrons. The Morgan fingerprint density at radius 1 is 0.604 bits per heavy atom. The summed E-state index contributed by atoms with van der Waals surface area (Å²) in [6.07, 6.45) is 4.81. The van der Waals surface area contributed by atoms with Crippen molar-refractivity contribution in [1.29, 1.82) is 0 Å². The number of fused-ring (bicyclic) bond motifs is 7. The predicted molar refractivity (Wildman–Crippen MR) is 207 cm³/mol. The maximum absolute atomic E-state index is 2.66. The van der Waals surface area contributed by atoms with Gasteiger partial charge in [-0.15, -0.1) is 0 Å². The number of benzene rings is 6. The molecule has 1 atom stereocenters. The average Bonchev–Trinajstić information content (AvgIpc) is 3.50. The standard InChI is InChI=1S/C44H37BN2Si/c1-2-48(33-19-7-4-8-20-33)42-28-16-12-24-37(42)45-36-23-11-15-27-40(36)46(31-17-5-3-6-18-31)41-29-32(30-43(48)44(41)45)47-38-25-13-9-21-34(38)35-22-10-14-26-39(35)47/h3-9,11-13,15-21,23-25,27-30H,2,10,14,22,26H2,1H3. The first-order chi connectivity index (χ1) is 23.8. The van der Waals surface area contributed by atoms with Crippen LogP contribution in [0.5, 0.6) is 0 Å². The van der Waals surface area contributed by atoms with Gasteiger partial charge in [-0.3, -0.25) is 0 Å². The summed E-state index contributed by atoms with van der Waals surface area (Å²) >= 11 is 0. The zero-order valence-corrected chi connectivity index (χ0v) is 28.4. The van der Waals surface area contributed by atoms with Crippen LogP contribution in [0.2, 0.25) is 6.04 Å². The van der Waals surface area contributed by atoms with Crippen molar-refractivity contribution < 1.29 is 0 Å². The van der Waals surface area contributed by atoms with E-state index >= 15 is 0 Å². The van der Waals surface area contributed by atoms with Crippen LogP contribution in [0.1, 0.15) is 31.0 Å². The van der Waals surface area contributed by atoms with Crippen molar-refractivity contribution in [3.8, 4) is 5.69 Å². The Hall–Kier alpha value is -5.06. The van der Waals surface area contributed by atoms with Gasteiger partial charge in [0.05, 0.1) is 5.52 Å². The smallest absolute Gasteiger partial charge is 0.246 e. The Bertz CT molecular complexity index is 2360. The van der Waals surface area contributed by atoms with Crippen LogP contribution in [0, 0.1) is 0 Å². The van der Waals surface area contributed by atoms with Crippen LogP contribution >= 0.6 is 0 Å². The molecule has 1 aliphatic carbocycles. The van der Waals surface area contributed by atoms with Gasteiger partial charge in [0.15, 0.2) is 0 Å². The minimum absolute atomic E-state index is 0.183. The molecule has 1 unspecified atom stereocenters. The Kier molecular flexibility index (Phi) is 6.26. The molecule has 3 aliphatic rings. The molecule has 6 aromatic carbocycles. The highest BCUT2D eigenvalue weighted by atomic mass is 28.3. The van der Waals surface area contributed by atoms with Crippen LogP contribution in [0.4, 0.5) is 17.1 Å². The summed E-state index contributed by atoms with van der Waals surface area (Å²) in [6, 6.07) is 56.7. The summed E-state index contributed by atoms with van der Waals surface area (Å²) in [4.78, 5) is 2.57. The fourth-order valence-electron chi connectivity index (χ4n) is 9.68. The Balaban J connectivity index is 1.39. The normalized spacial score (nSPS) is 17.4. The molecule has 0 fully saturated rings. The largest absolute Gasteiger partial charge is 0.313 e. The number of aromatic nitrogens is 1. The highest BCUT2D eigenvalue weighted by molar-refractivity contribution is 7.21. The predicted octanol–water partition coefficient (Wildman–Crippen LogP) is 6.61. The summed E-state index contributed by atoms with van der Waals surface area (Å²) < 4.78 is 2.65. The molecule has 0 bridgehead atoms. The quantitative estimate of drug-likeness (QED) is 0.198. The number of hydrogen-bond donors (Lipinski definition) is 0. The molecule has 230 valence electrons. The molecule has 0 spiro atoms. The van der Waals surface area contributed by atoms with Crippen LogP contribution in [0.15, 0.2) is 146 Å². The van der Waals surface area contributed by atoms with E-state index in [1.165, 1.54) is 73.8 Å². The van der Waals surface area contributed by atoms with Gasteiger partial charge >= 0.3 is 0 Å². The minimum atomic E-state index is -2.47. The lowest BCUT2D eigenvalue weighted by Gasteiger charge is -2.47. The van der Waals surface area contributed by atoms with Gasteiger partial charge in [-0.1, -0.05) is 127 Å². The molecule has 0 N–H and O–H groups in total. The van der Waals surface area contributed by atoms with Crippen molar-refractivity contribution in [3.05, 3.63) is 157 Å². The van der Waals surface area contributed by atoms with E-state index in [0.29, 0.717) is 0 Å². The Labute approximate surface area is 284 Å². The van der Waals surface area contributed by atoms with Gasteiger partial charge in [0, 0.05) is 33.8 Å². The number of anilines is 3. The van der Waals surface area contributed by atoms with Crippen LogP contribution in [-0.2, 0) is 12.8 Å². The minimum Gasteiger partial charge on any atom is -0.313 e. The van der Waals surface area contributed by atoms with Crippen molar-refractivity contribution in [1.82, 2.24) is 4.57 Å². The number of rotatable bonds is 4. The topological polar surface area (TPSA) is 8.17 Å². The molecule has 3 heterocycles. The molecule has 48 heavy (non-hydrogen) atoms. The second-order valence-electron chi connectivity index (χ2n) is 13.8. The van der Waals surface area contributed by atoms with Crippen LogP contribution < -0.4 is 36.8 Å². The molecule has 0 saturated carbocycles. The SMILES string of the molecule is CC[Si]1(c2ccccc2)c2ccccc2B2c3ccccc3N(c3ccccc3)c3cc(-n4c5c(c6ccccc64)CCCC5)cc1c32. The number of hydrogen-bond acceptors (Lipinski definition) is 1. The average molecular weight is 633 g/mol.